The van der Waals surface area contributed by atoms with Crippen molar-refractivity contribution >= 4 is 27.7 Å². The normalized spacial score (nSPS) is 15.2. The summed E-state index contributed by atoms with van der Waals surface area (Å²) in [6.45, 7) is 6.44. The SMILES string of the molecule is Cc1noc(C)c1C(=O)N1CCN(c2ccc(Br)cn2)CC1. The summed E-state index contributed by atoms with van der Waals surface area (Å²) >= 11 is 3.38. The zero-order valence-corrected chi connectivity index (χ0v) is 14.1. The number of hydrogen-bond acceptors (Lipinski definition) is 5. The summed E-state index contributed by atoms with van der Waals surface area (Å²) < 4.78 is 6.05. The summed E-state index contributed by atoms with van der Waals surface area (Å²) in [7, 11) is 0. The highest BCUT2D eigenvalue weighted by atomic mass is 79.9. The van der Waals surface area contributed by atoms with Gasteiger partial charge in [0.1, 0.15) is 17.1 Å². The number of hydrogen-bond donors (Lipinski definition) is 0. The Morgan fingerprint density at radius 1 is 1.23 bits per heavy atom. The average molecular weight is 365 g/mol. The van der Waals surface area contributed by atoms with E-state index in [9.17, 15) is 4.79 Å². The molecule has 0 bridgehead atoms. The third-order valence-electron chi connectivity index (χ3n) is 3.85. The Kier molecular flexibility index (Phi) is 4.15. The molecule has 1 amide bonds. The highest BCUT2D eigenvalue weighted by Gasteiger charge is 2.26. The van der Waals surface area contributed by atoms with Crippen LogP contribution in [0, 0.1) is 13.8 Å². The van der Waals surface area contributed by atoms with Crippen molar-refractivity contribution in [2.24, 2.45) is 0 Å². The molecule has 1 aliphatic rings. The van der Waals surface area contributed by atoms with Gasteiger partial charge in [-0.25, -0.2) is 4.98 Å². The molecule has 0 N–H and O–H groups in total. The molecule has 6 nitrogen and oxygen atoms in total. The topological polar surface area (TPSA) is 62.5 Å². The third kappa shape index (κ3) is 2.85. The van der Waals surface area contributed by atoms with Gasteiger partial charge in [-0.15, -0.1) is 0 Å². The fraction of sp³-hybridized carbons (Fsp3) is 0.400. The van der Waals surface area contributed by atoms with Gasteiger partial charge in [-0.2, -0.15) is 0 Å². The van der Waals surface area contributed by atoms with Crippen molar-refractivity contribution < 1.29 is 9.32 Å². The number of aryl methyl sites for hydroxylation is 2. The highest BCUT2D eigenvalue weighted by Crippen LogP contribution is 2.19. The second kappa shape index (κ2) is 6.08. The molecule has 2 aromatic rings. The van der Waals surface area contributed by atoms with Gasteiger partial charge in [0.25, 0.3) is 5.91 Å². The number of amides is 1. The number of halogens is 1. The van der Waals surface area contributed by atoms with Gasteiger partial charge in [-0.1, -0.05) is 5.16 Å². The summed E-state index contributed by atoms with van der Waals surface area (Å²) in [5, 5.41) is 3.86. The van der Waals surface area contributed by atoms with E-state index in [2.05, 4.69) is 31.0 Å². The summed E-state index contributed by atoms with van der Waals surface area (Å²) in [4.78, 5) is 21.0. The molecule has 0 unspecified atom stereocenters. The Labute approximate surface area is 137 Å². The van der Waals surface area contributed by atoms with Crippen molar-refractivity contribution in [1.82, 2.24) is 15.0 Å². The Balaban J connectivity index is 1.67. The molecule has 116 valence electrons. The molecule has 1 saturated heterocycles. The van der Waals surface area contributed by atoms with E-state index in [-0.39, 0.29) is 5.91 Å². The maximum atomic E-state index is 12.6. The molecule has 3 heterocycles. The van der Waals surface area contributed by atoms with Crippen molar-refractivity contribution in [3.05, 3.63) is 39.8 Å². The van der Waals surface area contributed by atoms with Crippen LogP contribution in [0.2, 0.25) is 0 Å². The van der Waals surface area contributed by atoms with E-state index >= 15 is 0 Å². The summed E-state index contributed by atoms with van der Waals surface area (Å²) in [6, 6.07) is 3.96. The smallest absolute Gasteiger partial charge is 0.259 e. The Morgan fingerprint density at radius 2 is 1.95 bits per heavy atom. The van der Waals surface area contributed by atoms with Gasteiger partial charge >= 0.3 is 0 Å². The monoisotopic (exact) mass is 364 g/mol. The van der Waals surface area contributed by atoms with E-state index in [4.69, 9.17) is 4.52 Å². The van der Waals surface area contributed by atoms with Gasteiger partial charge in [0.2, 0.25) is 0 Å². The van der Waals surface area contributed by atoms with Crippen molar-refractivity contribution in [2.45, 2.75) is 13.8 Å². The van der Waals surface area contributed by atoms with E-state index in [1.54, 1.807) is 20.0 Å². The fourth-order valence-corrected chi connectivity index (χ4v) is 2.87. The van der Waals surface area contributed by atoms with Crippen LogP contribution in [0.1, 0.15) is 21.8 Å². The zero-order valence-electron chi connectivity index (χ0n) is 12.5. The number of aromatic nitrogens is 2. The van der Waals surface area contributed by atoms with Gasteiger partial charge in [-0.3, -0.25) is 4.79 Å². The minimum Gasteiger partial charge on any atom is -0.361 e. The number of carbonyl (C=O) groups is 1. The van der Waals surface area contributed by atoms with Crippen molar-refractivity contribution in [1.29, 1.82) is 0 Å². The van der Waals surface area contributed by atoms with E-state index in [0.29, 0.717) is 30.1 Å². The summed E-state index contributed by atoms with van der Waals surface area (Å²) in [5.74, 6) is 1.52. The largest absolute Gasteiger partial charge is 0.361 e. The molecular formula is C15H17BrN4O2. The average Bonchev–Trinajstić information content (AvgIpc) is 2.86. The Morgan fingerprint density at radius 3 is 2.50 bits per heavy atom. The molecule has 0 saturated carbocycles. The lowest BCUT2D eigenvalue weighted by Gasteiger charge is -2.35. The lowest BCUT2D eigenvalue weighted by molar-refractivity contribution is 0.0744. The van der Waals surface area contributed by atoms with Crippen LogP contribution in [0.4, 0.5) is 5.82 Å². The number of anilines is 1. The fourth-order valence-electron chi connectivity index (χ4n) is 2.64. The first-order valence-corrected chi connectivity index (χ1v) is 7.94. The predicted molar refractivity (Wildman–Crippen MR) is 86.0 cm³/mol. The van der Waals surface area contributed by atoms with Crippen LogP contribution in [0.3, 0.4) is 0 Å². The van der Waals surface area contributed by atoms with Gasteiger partial charge in [0.15, 0.2) is 0 Å². The number of pyridine rings is 1. The molecule has 0 aliphatic carbocycles. The number of piperazine rings is 1. The summed E-state index contributed by atoms with van der Waals surface area (Å²) in [5.41, 5.74) is 1.25. The molecule has 7 heteroatoms. The molecule has 0 atom stereocenters. The maximum absolute atomic E-state index is 12.6. The van der Waals surface area contributed by atoms with Crippen LogP contribution in [-0.2, 0) is 0 Å². The van der Waals surface area contributed by atoms with Crippen LogP contribution >= 0.6 is 15.9 Å². The molecular weight excluding hydrogens is 348 g/mol. The molecule has 22 heavy (non-hydrogen) atoms. The second-order valence-corrected chi connectivity index (χ2v) is 6.23. The minimum atomic E-state index is -0.000310. The number of carbonyl (C=O) groups excluding carboxylic acids is 1. The van der Waals surface area contributed by atoms with E-state index < -0.39 is 0 Å². The number of rotatable bonds is 2. The zero-order chi connectivity index (χ0) is 15.7. The minimum absolute atomic E-state index is 0.000310. The number of nitrogens with zero attached hydrogens (tertiary/aromatic N) is 4. The van der Waals surface area contributed by atoms with Crippen LogP contribution in [0.25, 0.3) is 0 Å². The first-order valence-electron chi connectivity index (χ1n) is 7.15. The molecule has 0 aromatic carbocycles. The molecule has 1 fully saturated rings. The molecule has 0 radical (unpaired) electrons. The van der Waals surface area contributed by atoms with E-state index in [1.807, 2.05) is 17.0 Å². The van der Waals surface area contributed by atoms with Crippen LogP contribution in [0.5, 0.6) is 0 Å². The molecule has 2 aromatic heterocycles. The first kappa shape index (κ1) is 15.0. The van der Waals surface area contributed by atoms with Crippen LogP contribution < -0.4 is 4.90 Å². The van der Waals surface area contributed by atoms with Gasteiger partial charge < -0.3 is 14.3 Å². The van der Waals surface area contributed by atoms with E-state index in [0.717, 1.165) is 23.4 Å². The standard InChI is InChI=1S/C15H17BrN4O2/c1-10-14(11(2)22-18-10)15(21)20-7-5-19(6-8-20)13-4-3-12(16)9-17-13/h3-4,9H,5-8H2,1-2H3. The third-order valence-corrected chi connectivity index (χ3v) is 4.32. The highest BCUT2D eigenvalue weighted by molar-refractivity contribution is 9.10. The van der Waals surface area contributed by atoms with Gasteiger partial charge in [0, 0.05) is 36.8 Å². The van der Waals surface area contributed by atoms with Gasteiger partial charge in [-0.05, 0) is 41.9 Å². The first-order chi connectivity index (χ1) is 10.6. The summed E-state index contributed by atoms with van der Waals surface area (Å²) in [6.07, 6.45) is 1.79. The Bertz CT molecular complexity index is 656. The Hall–Kier alpha value is -1.89. The van der Waals surface area contributed by atoms with Gasteiger partial charge in [0.05, 0.1) is 5.69 Å². The lowest BCUT2D eigenvalue weighted by Crippen LogP contribution is -2.49. The van der Waals surface area contributed by atoms with Crippen LogP contribution in [-0.4, -0.2) is 47.1 Å². The molecule has 0 spiro atoms. The second-order valence-electron chi connectivity index (χ2n) is 5.31. The van der Waals surface area contributed by atoms with Crippen LogP contribution in [0.15, 0.2) is 27.3 Å². The van der Waals surface area contributed by atoms with E-state index in [1.165, 1.54) is 0 Å². The lowest BCUT2D eigenvalue weighted by atomic mass is 10.1. The quantitative estimate of drug-likeness (QED) is 0.818. The maximum Gasteiger partial charge on any atom is 0.259 e. The van der Waals surface area contributed by atoms with Crippen molar-refractivity contribution in [3.63, 3.8) is 0 Å². The van der Waals surface area contributed by atoms with Crippen molar-refractivity contribution in [3.8, 4) is 0 Å². The molecule has 1 aliphatic heterocycles. The molecule has 3 rings (SSSR count). The predicted octanol–water partition coefficient (Wildman–Crippen LogP) is 2.41. The van der Waals surface area contributed by atoms with Crippen molar-refractivity contribution in [2.75, 3.05) is 31.1 Å².